The molecule has 0 unspecified atom stereocenters. The molecule has 9 heteroatoms. The Morgan fingerprint density at radius 1 is 1.06 bits per heavy atom. The lowest BCUT2D eigenvalue weighted by atomic mass is 10.1. The molecule has 17 heavy (non-hydrogen) atoms. The Balaban J connectivity index is 3.41. The molecule has 0 saturated carbocycles. The van der Waals surface area contributed by atoms with Gasteiger partial charge in [0, 0.05) is 4.47 Å². The highest BCUT2D eigenvalue weighted by molar-refractivity contribution is 9.10. The number of nitrogen functional groups attached to an aromatic ring is 1. The van der Waals surface area contributed by atoms with E-state index in [0.29, 0.717) is 0 Å². The molecule has 1 aromatic rings. The quantitative estimate of drug-likeness (QED) is 0.627. The summed E-state index contributed by atoms with van der Waals surface area (Å²) in [7, 11) is 0. The van der Waals surface area contributed by atoms with E-state index in [-0.39, 0.29) is 0 Å². The highest BCUT2D eigenvalue weighted by atomic mass is 79.9. The number of benzene rings is 1. The lowest BCUT2D eigenvalue weighted by molar-refractivity contribution is -0.276. The molecule has 0 atom stereocenters. The summed E-state index contributed by atoms with van der Waals surface area (Å²) >= 11 is 2.50. The number of nitrogens with two attached hydrogens (primary N) is 1. The van der Waals surface area contributed by atoms with E-state index < -0.39 is 34.0 Å². The van der Waals surface area contributed by atoms with Crippen molar-refractivity contribution in [1.82, 2.24) is 0 Å². The maximum atomic E-state index is 12.5. The van der Waals surface area contributed by atoms with Gasteiger partial charge in [-0.1, -0.05) is 15.9 Å². The Labute approximate surface area is 99.5 Å². The number of anilines is 1. The Kier molecular flexibility index (Phi) is 3.51. The normalized spacial score (nSPS) is 12.6. The summed E-state index contributed by atoms with van der Waals surface area (Å²) in [6, 6.07) is 1.77. The zero-order chi connectivity index (χ0) is 13.4. The molecule has 0 bridgehead atoms. The van der Waals surface area contributed by atoms with E-state index in [4.69, 9.17) is 5.73 Å². The first-order valence-electron chi connectivity index (χ1n) is 3.93. The van der Waals surface area contributed by atoms with Crippen LogP contribution in [0.3, 0.4) is 0 Å². The van der Waals surface area contributed by atoms with Crippen LogP contribution in [-0.2, 0) is 6.18 Å². The minimum absolute atomic E-state index is 0.585. The van der Waals surface area contributed by atoms with Crippen molar-refractivity contribution >= 4 is 21.6 Å². The molecule has 0 aliphatic carbocycles. The largest absolute Gasteiger partial charge is 0.573 e. The maximum absolute atomic E-state index is 12.5. The van der Waals surface area contributed by atoms with Crippen LogP contribution in [0.4, 0.5) is 32.0 Å². The zero-order valence-electron chi connectivity index (χ0n) is 7.79. The first-order valence-corrected chi connectivity index (χ1v) is 4.72. The van der Waals surface area contributed by atoms with E-state index in [1.807, 2.05) is 0 Å². The van der Waals surface area contributed by atoms with Crippen molar-refractivity contribution in [1.29, 1.82) is 0 Å². The van der Waals surface area contributed by atoms with Crippen molar-refractivity contribution in [2.45, 2.75) is 12.5 Å². The molecule has 0 spiro atoms. The van der Waals surface area contributed by atoms with Gasteiger partial charge in [0.15, 0.2) is 5.75 Å². The van der Waals surface area contributed by atoms with E-state index in [1.165, 1.54) is 0 Å². The standard InChI is InChI=1S/C8H4BrF6NO/c9-3-1-2-4(16)6(17-8(13,14)15)5(3)7(10,11)12/h1-2H,16H2. The van der Waals surface area contributed by atoms with Crippen LogP contribution < -0.4 is 10.5 Å². The molecular weight excluding hydrogens is 320 g/mol. The maximum Gasteiger partial charge on any atom is 0.573 e. The predicted molar refractivity (Wildman–Crippen MR) is 50.2 cm³/mol. The fourth-order valence-corrected chi connectivity index (χ4v) is 1.60. The fraction of sp³-hybridized carbons (Fsp3) is 0.250. The SMILES string of the molecule is Nc1ccc(Br)c(C(F)(F)F)c1OC(F)(F)F. The predicted octanol–water partition coefficient (Wildman–Crippen LogP) is 3.95. The van der Waals surface area contributed by atoms with Crippen LogP contribution in [0.15, 0.2) is 16.6 Å². The summed E-state index contributed by atoms with van der Waals surface area (Å²) in [6.45, 7) is 0. The zero-order valence-corrected chi connectivity index (χ0v) is 9.37. The fourth-order valence-electron chi connectivity index (χ4n) is 1.06. The molecule has 2 N–H and O–H groups in total. The van der Waals surface area contributed by atoms with Gasteiger partial charge in [0.25, 0.3) is 0 Å². The minimum Gasteiger partial charge on any atom is -0.403 e. The first-order chi connectivity index (χ1) is 7.52. The van der Waals surface area contributed by atoms with Crippen LogP contribution >= 0.6 is 15.9 Å². The molecule has 2 nitrogen and oxygen atoms in total. The molecule has 0 aliphatic rings. The van der Waals surface area contributed by atoms with Crippen LogP contribution in [0.2, 0.25) is 0 Å². The number of hydrogen-bond donors (Lipinski definition) is 1. The Hall–Kier alpha value is -1.12. The smallest absolute Gasteiger partial charge is 0.403 e. The summed E-state index contributed by atoms with van der Waals surface area (Å²) in [5.41, 5.74) is 2.69. The van der Waals surface area contributed by atoms with Gasteiger partial charge < -0.3 is 10.5 Å². The highest BCUT2D eigenvalue weighted by Gasteiger charge is 2.42. The molecule has 0 radical (unpaired) electrons. The molecule has 0 heterocycles. The van der Waals surface area contributed by atoms with E-state index in [0.717, 1.165) is 12.1 Å². The number of halogens is 7. The van der Waals surface area contributed by atoms with Crippen molar-refractivity contribution < 1.29 is 31.1 Å². The molecule has 0 fully saturated rings. The summed E-state index contributed by atoms with van der Waals surface area (Å²) in [5, 5.41) is 0. The molecule has 0 aliphatic heterocycles. The molecule has 0 aromatic heterocycles. The van der Waals surface area contributed by atoms with Gasteiger partial charge in [0.2, 0.25) is 0 Å². The lowest BCUT2D eigenvalue weighted by Crippen LogP contribution is -2.21. The van der Waals surface area contributed by atoms with Crippen molar-refractivity contribution in [2.24, 2.45) is 0 Å². The Bertz CT molecular complexity index is 427. The van der Waals surface area contributed by atoms with Crippen LogP contribution in [0.5, 0.6) is 5.75 Å². The molecule has 1 aromatic carbocycles. The monoisotopic (exact) mass is 323 g/mol. The molecule has 0 saturated heterocycles. The highest BCUT2D eigenvalue weighted by Crippen LogP contribution is 2.45. The van der Waals surface area contributed by atoms with Gasteiger partial charge in [-0.15, -0.1) is 13.2 Å². The van der Waals surface area contributed by atoms with Gasteiger partial charge in [0.1, 0.15) is 5.56 Å². The molecular formula is C8H4BrF6NO. The number of rotatable bonds is 1. The van der Waals surface area contributed by atoms with Crippen LogP contribution in [0.1, 0.15) is 5.56 Å². The van der Waals surface area contributed by atoms with Crippen molar-refractivity contribution in [3.05, 3.63) is 22.2 Å². The Morgan fingerprint density at radius 3 is 2.00 bits per heavy atom. The first kappa shape index (κ1) is 13.9. The third-order valence-corrected chi connectivity index (χ3v) is 2.30. The lowest BCUT2D eigenvalue weighted by Gasteiger charge is -2.18. The topological polar surface area (TPSA) is 35.2 Å². The van der Waals surface area contributed by atoms with E-state index in [1.54, 1.807) is 0 Å². The summed E-state index contributed by atoms with van der Waals surface area (Å²) in [4.78, 5) is 0. The van der Waals surface area contributed by atoms with Gasteiger partial charge in [-0.25, -0.2) is 0 Å². The van der Waals surface area contributed by atoms with Crippen LogP contribution in [0, 0.1) is 0 Å². The molecule has 96 valence electrons. The average Bonchev–Trinajstić information content (AvgIpc) is 2.06. The average molecular weight is 324 g/mol. The van der Waals surface area contributed by atoms with Gasteiger partial charge in [0.05, 0.1) is 5.69 Å². The second-order valence-corrected chi connectivity index (χ2v) is 3.74. The van der Waals surface area contributed by atoms with Crippen molar-refractivity contribution in [3.8, 4) is 5.75 Å². The van der Waals surface area contributed by atoms with Gasteiger partial charge in [-0.05, 0) is 12.1 Å². The molecule has 1 rings (SSSR count). The van der Waals surface area contributed by atoms with Gasteiger partial charge >= 0.3 is 12.5 Å². The van der Waals surface area contributed by atoms with Crippen molar-refractivity contribution in [2.75, 3.05) is 5.73 Å². The van der Waals surface area contributed by atoms with Crippen molar-refractivity contribution in [3.63, 3.8) is 0 Å². The second kappa shape index (κ2) is 4.28. The molecule has 0 amide bonds. The minimum atomic E-state index is -5.26. The van der Waals surface area contributed by atoms with Gasteiger partial charge in [-0.2, -0.15) is 13.2 Å². The van der Waals surface area contributed by atoms with E-state index >= 15 is 0 Å². The Morgan fingerprint density at radius 2 is 1.59 bits per heavy atom. The van der Waals surface area contributed by atoms with Crippen LogP contribution in [0.25, 0.3) is 0 Å². The summed E-state index contributed by atoms with van der Waals surface area (Å²) < 4.78 is 76.2. The summed E-state index contributed by atoms with van der Waals surface area (Å²) in [6.07, 6.45) is -10.3. The second-order valence-electron chi connectivity index (χ2n) is 2.89. The summed E-state index contributed by atoms with van der Waals surface area (Å²) in [5.74, 6) is -1.46. The third kappa shape index (κ3) is 3.42. The number of alkyl halides is 6. The number of hydrogen-bond acceptors (Lipinski definition) is 2. The third-order valence-electron chi connectivity index (χ3n) is 1.64. The van der Waals surface area contributed by atoms with Gasteiger partial charge in [-0.3, -0.25) is 0 Å². The van der Waals surface area contributed by atoms with E-state index in [2.05, 4.69) is 20.7 Å². The number of ether oxygens (including phenoxy) is 1. The van der Waals surface area contributed by atoms with Crippen LogP contribution in [-0.4, -0.2) is 6.36 Å². The van der Waals surface area contributed by atoms with E-state index in [9.17, 15) is 26.3 Å².